The van der Waals surface area contributed by atoms with Crippen LogP contribution in [0.3, 0.4) is 0 Å². The van der Waals surface area contributed by atoms with Crippen LogP contribution in [0.4, 0.5) is 0 Å². The van der Waals surface area contributed by atoms with E-state index in [4.69, 9.17) is 5.73 Å². The van der Waals surface area contributed by atoms with Crippen LogP contribution >= 0.6 is 0 Å². The number of carbonyl (C=O) groups is 2. The molecule has 1 aliphatic heterocycles. The molecule has 0 fully saturated rings. The Labute approximate surface area is 92.5 Å². The molecule has 1 aromatic rings. The number of nitrogens with zero attached hydrogens (tertiary/aromatic N) is 1. The van der Waals surface area contributed by atoms with Crippen molar-refractivity contribution in [3.05, 3.63) is 34.9 Å². The topological polar surface area (TPSA) is 83.6 Å². The SMILES string of the molecule is Cc1cccc2c1CN(C(O)C(N)=O)C2=O. The third-order valence-electron chi connectivity index (χ3n) is 2.78. The van der Waals surface area contributed by atoms with Crippen LogP contribution in [0.5, 0.6) is 0 Å². The number of aryl methyl sites for hydroxylation is 1. The average Bonchev–Trinajstić information content (AvgIpc) is 2.57. The van der Waals surface area contributed by atoms with Crippen LogP contribution in [-0.2, 0) is 11.3 Å². The molecular weight excluding hydrogens is 208 g/mol. The number of carbonyl (C=O) groups excluding carboxylic acids is 2. The van der Waals surface area contributed by atoms with Gasteiger partial charge in [-0.2, -0.15) is 0 Å². The Balaban J connectivity index is 2.38. The molecule has 0 radical (unpaired) electrons. The van der Waals surface area contributed by atoms with Gasteiger partial charge >= 0.3 is 0 Å². The minimum Gasteiger partial charge on any atom is -0.366 e. The first-order valence-corrected chi connectivity index (χ1v) is 4.89. The summed E-state index contributed by atoms with van der Waals surface area (Å²) in [5, 5.41) is 9.49. The Kier molecular flexibility index (Phi) is 2.40. The van der Waals surface area contributed by atoms with Crippen molar-refractivity contribution >= 4 is 11.8 Å². The molecule has 84 valence electrons. The van der Waals surface area contributed by atoms with E-state index < -0.39 is 12.1 Å². The summed E-state index contributed by atoms with van der Waals surface area (Å²) in [7, 11) is 0. The highest BCUT2D eigenvalue weighted by atomic mass is 16.3. The highest BCUT2D eigenvalue weighted by Crippen LogP contribution is 2.26. The van der Waals surface area contributed by atoms with Gasteiger partial charge < -0.3 is 15.7 Å². The fourth-order valence-electron chi connectivity index (χ4n) is 1.86. The lowest BCUT2D eigenvalue weighted by atomic mass is 10.1. The van der Waals surface area contributed by atoms with Crippen LogP contribution in [0.15, 0.2) is 18.2 Å². The first-order chi connectivity index (χ1) is 7.52. The Morgan fingerprint density at radius 1 is 1.56 bits per heavy atom. The van der Waals surface area contributed by atoms with Crippen molar-refractivity contribution in [3.63, 3.8) is 0 Å². The molecule has 2 amide bonds. The Hall–Kier alpha value is -1.88. The van der Waals surface area contributed by atoms with E-state index in [9.17, 15) is 14.7 Å². The molecule has 5 nitrogen and oxygen atoms in total. The van der Waals surface area contributed by atoms with Crippen LogP contribution in [-0.4, -0.2) is 28.0 Å². The van der Waals surface area contributed by atoms with Gasteiger partial charge in [-0.05, 0) is 24.1 Å². The maximum atomic E-state index is 11.9. The molecule has 0 aliphatic carbocycles. The highest BCUT2D eigenvalue weighted by molar-refractivity contribution is 6.00. The van der Waals surface area contributed by atoms with E-state index in [1.165, 1.54) is 0 Å². The number of nitrogens with two attached hydrogens (primary N) is 1. The fourth-order valence-corrected chi connectivity index (χ4v) is 1.86. The quantitative estimate of drug-likeness (QED) is 0.721. The number of benzene rings is 1. The van der Waals surface area contributed by atoms with E-state index in [1.807, 2.05) is 13.0 Å². The molecule has 1 atom stereocenters. The largest absolute Gasteiger partial charge is 0.366 e. The van der Waals surface area contributed by atoms with E-state index in [1.54, 1.807) is 12.1 Å². The molecule has 16 heavy (non-hydrogen) atoms. The summed E-state index contributed by atoms with van der Waals surface area (Å²) >= 11 is 0. The molecular formula is C11H12N2O3. The lowest BCUT2D eigenvalue weighted by Crippen LogP contribution is -2.44. The van der Waals surface area contributed by atoms with Crippen molar-refractivity contribution in [1.29, 1.82) is 0 Å². The van der Waals surface area contributed by atoms with Gasteiger partial charge in [-0.1, -0.05) is 12.1 Å². The number of aliphatic hydroxyl groups is 1. The number of rotatable bonds is 2. The summed E-state index contributed by atoms with van der Waals surface area (Å²) in [5.74, 6) is -1.27. The van der Waals surface area contributed by atoms with Crippen molar-refractivity contribution in [2.24, 2.45) is 5.73 Å². The Morgan fingerprint density at radius 3 is 2.81 bits per heavy atom. The molecule has 0 aromatic heterocycles. The molecule has 1 unspecified atom stereocenters. The second kappa shape index (κ2) is 3.61. The summed E-state index contributed by atoms with van der Waals surface area (Å²) < 4.78 is 0. The first-order valence-electron chi connectivity index (χ1n) is 4.89. The van der Waals surface area contributed by atoms with E-state index in [0.29, 0.717) is 5.56 Å². The minimum absolute atomic E-state index is 0.227. The zero-order chi connectivity index (χ0) is 11.9. The van der Waals surface area contributed by atoms with Gasteiger partial charge in [-0.3, -0.25) is 9.59 Å². The van der Waals surface area contributed by atoms with E-state index >= 15 is 0 Å². The Bertz CT molecular complexity index is 470. The second-order valence-corrected chi connectivity index (χ2v) is 3.81. The zero-order valence-corrected chi connectivity index (χ0v) is 8.80. The lowest BCUT2D eigenvalue weighted by molar-refractivity contribution is -0.133. The number of hydrogen-bond acceptors (Lipinski definition) is 3. The molecule has 1 aliphatic rings. The minimum atomic E-state index is -1.56. The van der Waals surface area contributed by atoms with Crippen molar-refractivity contribution in [2.75, 3.05) is 0 Å². The van der Waals surface area contributed by atoms with Crippen LogP contribution in [0.25, 0.3) is 0 Å². The lowest BCUT2D eigenvalue weighted by Gasteiger charge is -2.19. The van der Waals surface area contributed by atoms with Crippen molar-refractivity contribution < 1.29 is 14.7 Å². The standard InChI is InChI=1S/C11H12N2O3/c1-6-3-2-4-7-8(6)5-13(10(7)15)11(16)9(12)14/h2-4,11,16H,5H2,1H3,(H2,12,14). The van der Waals surface area contributed by atoms with Gasteiger partial charge in [-0.25, -0.2) is 0 Å². The molecule has 1 aromatic carbocycles. The maximum Gasteiger partial charge on any atom is 0.267 e. The summed E-state index contributed by atoms with van der Waals surface area (Å²) in [6.45, 7) is 2.11. The van der Waals surface area contributed by atoms with Gasteiger partial charge in [0.2, 0.25) is 6.23 Å². The van der Waals surface area contributed by atoms with Gasteiger partial charge in [0.1, 0.15) is 0 Å². The van der Waals surface area contributed by atoms with Gasteiger partial charge in [0.05, 0.1) is 6.54 Å². The van der Waals surface area contributed by atoms with Crippen molar-refractivity contribution in [3.8, 4) is 0 Å². The first kappa shape index (κ1) is 10.6. The normalized spacial score (nSPS) is 16.1. The van der Waals surface area contributed by atoms with E-state index in [-0.39, 0.29) is 12.5 Å². The van der Waals surface area contributed by atoms with E-state index in [2.05, 4.69) is 0 Å². The summed E-state index contributed by atoms with van der Waals surface area (Å²) in [5.41, 5.74) is 7.30. The third kappa shape index (κ3) is 1.45. The summed E-state index contributed by atoms with van der Waals surface area (Å²) in [6.07, 6.45) is -1.56. The molecule has 0 bridgehead atoms. The molecule has 0 spiro atoms. The van der Waals surface area contributed by atoms with Gasteiger partial charge in [0.15, 0.2) is 0 Å². The molecule has 2 rings (SSSR count). The molecule has 3 N–H and O–H groups in total. The van der Waals surface area contributed by atoms with Crippen molar-refractivity contribution in [2.45, 2.75) is 19.7 Å². The predicted molar refractivity (Wildman–Crippen MR) is 56.3 cm³/mol. The second-order valence-electron chi connectivity index (χ2n) is 3.81. The van der Waals surface area contributed by atoms with E-state index in [0.717, 1.165) is 16.0 Å². The van der Waals surface area contributed by atoms with Crippen LogP contribution < -0.4 is 5.73 Å². The molecule has 1 heterocycles. The van der Waals surface area contributed by atoms with Crippen LogP contribution in [0.2, 0.25) is 0 Å². The monoisotopic (exact) mass is 220 g/mol. The van der Waals surface area contributed by atoms with Crippen LogP contribution in [0.1, 0.15) is 21.5 Å². The highest BCUT2D eigenvalue weighted by Gasteiger charge is 2.34. The maximum absolute atomic E-state index is 11.9. The third-order valence-corrected chi connectivity index (χ3v) is 2.78. The number of fused-ring (bicyclic) bond motifs is 1. The molecule has 0 saturated heterocycles. The van der Waals surface area contributed by atoms with Crippen LogP contribution in [0, 0.1) is 6.92 Å². The van der Waals surface area contributed by atoms with Gasteiger partial charge in [0, 0.05) is 5.56 Å². The molecule has 0 saturated carbocycles. The molecule has 5 heteroatoms. The fraction of sp³-hybridized carbons (Fsp3) is 0.273. The number of aliphatic hydroxyl groups excluding tert-OH is 1. The zero-order valence-electron chi connectivity index (χ0n) is 8.80. The number of hydrogen-bond donors (Lipinski definition) is 2. The van der Waals surface area contributed by atoms with Crippen molar-refractivity contribution in [1.82, 2.24) is 4.90 Å². The summed E-state index contributed by atoms with van der Waals surface area (Å²) in [4.78, 5) is 23.8. The van der Waals surface area contributed by atoms with Gasteiger partial charge in [-0.15, -0.1) is 0 Å². The predicted octanol–water partition coefficient (Wildman–Crippen LogP) is -0.245. The average molecular weight is 220 g/mol. The number of amides is 2. The Morgan fingerprint density at radius 2 is 2.25 bits per heavy atom. The van der Waals surface area contributed by atoms with Gasteiger partial charge in [0.25, 0.3) is 11.8 Å². The summed E-state index contributed by atoms with van der Waals surface area (Å²) in [6, 6.07) is 5.33. The number of primary amides is 1. The smallest absolute Gasteiger partial charge is 0.267 e.